The number of nitrogens with one attached hydrogen (secondary N) is 2. The van der Waals surface area contributed by atoms with E-state index in [1.54, 1.807) is 0 Å². The fourth-order valence-corrected chi connectivity index (χ4v) is 2.49. The van der Waals surface area contributed by atoms with Crippen LogP contribution in [-0.2, 0) is 6.42 Å². The molecule has 144 valence electrons. The Balaban J connectivity index is 0.00000261. The van der Waals surface area contributed by atoms with Gasteiger partial charge < -0.3 is 20.8 Å². The van der Waals surface area contributed by atoms with Gasteiger partial charge in [-0.15, -0.1) is 37.1 Å². The van der Waals surface area contributed by atoms with Crippen LogP contribution in [0.5, 0.6) is 5.75 Å². The average Bonchev–Trinajstić information content (AvgIpc) is 2.98. The molecular weight excluding hydrogens is 472 g/mol. The van der Waals surface area contributed by atoms with E-state index in [2.05, 4.69) is 26.1 Å². The molecule has 0 spiro atoms. The molecule has 0 aliphatic carbocycles. The third kappa shape index (κ3) is 6.35. The first kappa shape index (κ1) is 20.9. The number of hydrogen-bond acceptors (Lipinski definition) is 2. The zero-order chi connectivity index (χ0) is 18.6. The summed E-state index contributed by atoms with van der Waals surface area (Å²) in [4.78, 5) is 7.53. The highest BCUT2D eigenvalue weighted by molar-refractivity contribution is 14.0. The van der Waals surface area contributed by atoms with Crippen LogP contribution in [0.15, 0.2) is 59.6 Å². The molecule has 1 heterocycles. The molecule has 3 aromatic rings. The first-order chi connectivity index (χ1) is 12.4. The lowest BCUT2D eigenvalue weighted by molar-refractivity contribution is -0.274. The van der Waals surface area contributed by atoms with Crippen molar-refractivity contribution in [3.63, 3.8) is 0 Å². The van der Waals surface area contributed by atoms with E-state index in [4.69, 9.17) is 5.73 Å². The number of ether oxygens (including phenoxy) is 1. The lowest BCUT2D eigenvalue weighted by Crippen LogP contribution is -2.23. The molecule has 0 saturated carbocycles. The Bertz CT molecular complexity index is 874. The zero-order valence-corrected chi connectivity index (χ0v) is 16.4. The van der Waals surface area contributed by atoms with Gasteiger partial charge in [-0.25, -0.2) is 0 Å². The summed E-state index contributed by atoms with van der Waals surface area (Å²) in [5.41, 5.74) is 8.44. The van der Waals surface area contributed by atoms with E-state index >= 15 is 0 Å². The van der Waals surface area contributed by atoms with Gasteiger partial charge in [-0.2, -0.15) is 0 Å². The second kappa shape index (κ2) is 8.98. The standard InChI is InChI=1S/C18H17F3N4O.HI/c19-18(20,21)26-15-7-5-13(6-8-15)25-17(22)23-10-9-14-11-12-3-1-2-4-16(12)24-14;/h1-8,11,24H,9-10H2,(H3,22,23,25);1H. The summed E-state index contributed by atoms with van der Waals surface area (Å²) in [5.74, 6) is -0.108. The molecule has 0 atom stereocenters. The molecule has 0 unspecified atom stereocenters. The summed E-state index contributed by atoms with van der Waals surface area (Å²) in [6, 6.07) is 15.3. The van der Waals surface area contributed by atoms with Gasteiger partial charge in [0.25, 0.3) is 0 Å². The average molecular weight is 490 g/mol. The van der Waals surface area contributed by atoms with Crippen molar-refractivity contribution >= 4 is 46.5 Å². The van der Waals surface area contributed by atoms with Crippen molar-refractivity contribution in [2.24, 2.45) is 10.7 Å². The molecule has 2 aromatic carbocycles. The van der Waals surface area contributed by atoms with Crippen LogP contribution in [0, 0.1) is 0 Å². The Morgan fingerprint density at radius 3 is 2.48 bits per heavy atom. The second-order valence-electron chi connectivity index (χ2n) is 5.60. The lowest BCUT2D eigenvalue weighted by Gasteiger charge is -2.10. The second-order valence-corrected chi connectivity index (χ2v) is 5.60. The number of guanidine groups is 1. The minimum Gasteiger partial charge on any atom is -0.406 e. The maximum atomic E-state index is 12.1. The van der Waals surface area contributed by atoms with Gasteiger partial charge in [0.2, 0.25) is 0 Å². The number of benzene rings is 2. The Morgan fingerprint density at radius 1 is 1.11 bits per heavy atom. The van der Waals surface area contributed by atoms with Gasteiger partial charge in [0.15, 0.2) is 5.96 Å². The zero-order valence-electron chi connectivity index (χ0n) is 14.1. The number of para-hydroxylation sites is 1. The molecular formula is C18H18F3IN4O. The molecule has 3 rings (SSSR count). The topological polar surface area (TPSA) is 75.4 Å². The number of halogens is 4. The minimum atomic E-state index is -4.71. The quantitative estimate of drug-likeness (QED) is 0.277. The predicted octanol–water partition coefficient (Wildman–Crippen LogP) is 4.65. The van der Waals surface area contributed by atoms with Crippen LogP contribution in [0.2, 0.25) is 0 Å². The smallest absolute Gasteiger partial charge is 0.406 e. The van der Waals surface area contributed by atoms with E-state index in [0.29, 0.717) is 18.7 Å². The van der Waals surface area contributed by atoms with Crippen LogP contribution in [-0.4, -0.2) is 23.9 Å². The van der Waals surface area contributed by atoms with Gasteiger partial charge >= 0.3 is 6.36 Å². The first-order valence-corrected chi connectivity index (χ1v) is 7.88. The number of nitrogens with zero attached hydrogens (tertiary/aromatic N) is 1. The lowest BCUT2D eigenvalue weighted by atomic mass is 10.2. The van der Waals surface area contributed by atoms with Gasteiger partial charge in [-0.1, -0.05) is 18.2 Å². The van der Waals surface area contributed by atoms with Gasteiger partial charge in [-0.05, 0) is 41.8 Å². The Morgan fingerprint density at radius 2 is 1.81 bits per heavy atom. The number of hydrogen-bond donors (Lipinski definition) is 3. The molecule has 4 N–H and O–H groups in total. The third-order valence-electron chi connectivity index (χ3n) is 3.61. The van der Waals surface area contributed by atoms with Crippen LogP contribution in [0.1, 0.15) is 5.69 Å². The summed E-state index contributed by atoms with van der Waals surface area (Å²) >= 11 is 0. The van der Waals surface area contributed by atoms with Crippen molar-refractivity contribution < 1.29 is 17.9 Å². The Hall–Kier alpha value is -2.43. The SMILES string of the molecule is I.NC(=NCCc1cc2ccccc2[nH]1)Nc1ccc(OC(F)(F)F)cc1. The van der Waals surface area contributed by atoms with Crippen molar-refractivity contribution in [2.75, 3.05) is 11.9 Å². The van der Waals surface area contributed by atoms with Gasteiger partial charge in [0, 0.05) is 29.9 Å². The van der Waals surface area contributed by atoms with E-state index in [-0.39, 0.29) is 35.7 Å². The number of aromatic nitrogens is 1. The van der Waals surface area contributed by atoms with Crippen LogP contribution < -0.4 is 15.8 Å². The Kier molecular flexibility index (Phi) is 6.94. The minimum absolute atomic E-state index is 0. The summed E-state index contributed by atoms with van der Waals surface area (Å²) in [6.07, 6.45) is -4.02. The molecule has 0 saturated heterocycles. The van der Waals surface area contributed by atoms with Crippen molar-refractivity contribution in [1.29, 1.82) is 0 Å². The highest BCUT2D eigenvalue weighted by Gasteiger charge is 2.30. The number of H-pyrrole nitrogens is 1. The van der Waals surface area contributed by atoms with Gasteiger partial charge in [0.05, 0.1) is 0 Å². The summed E-state index contributed by atoms with van der Waals surface area (Å²) in [6.45, 7) is 0.473. The number of nitrogens with two attached hydrogens (primary N) is 1. The molecule has 0 fully saturated rings. The van der Waals surface area contributed by atoms with E-state index in [1.807, 2.05) is 24.3 Å². The van der Waals surface area contributed by atoms with Gasteiger partial charge in [0.1, 0.15) is 5.75 Å². The largest absolute Gasteiger partial charge is 0.573 e. The maximum Gasteiger partial charge on any atom is 0.573 e. The molecule has 1 aromatic heterocycles. The fraction of sp³-hybridized carbons (Fsp3) is 0.167. The Labute approximate surface area is 170 Å². The summed E-state index contributed by atoms with van der Waals surface area (Å²) in [5, 5.41) is 3.96. The molecule has 5 nitrogen and oxygen atoms in total. The summed E-state index contributed by atoms with van der Waals surface area (Å²) in [7, 11) is 0. The van der Waals surface area contributed by atoms with Crippen molar-refractivity contribution in [3.05, 3.63) is 60.3 Å². The summed E-state index contributed by atoms with van der Waals surface area (Å²) < 4.78 is 40.2. The number of rotatable bonds is 5. The number of fused-ring (bicyclic) bond motifs is 1. The van der Waals surface area contributed by atoms with E-state index in [1.165, 1.54) is 24.3 Å². The molecule has 27 heavy (non-hydrogen) atoms. The molecule has 0 aliphatic rings. The molecule has 0 radical (unpaired) electrons. The van der Waals surface area contributed by atoms with E-state index in [9.17, 15) is 13.2 Å². The molecule has 0 aliphatic heterocycles. The third-order valence-corrected chi connectivity index (χ3v) is 3.61. The van der Waals surface area contributed by atoms with E-state index in [0.717, 1.165) is 16.6 Å². The van der Waals surface area contributed by atoms with Crippen LogP contribution in [0.3, 0.4) is 0 Å². The number of alkyl halides is 3. The molecule has 9 heteroatoms. The molecule has 0 bridgehead atoms. The number of aromatic amines is 1. The normalized spacial score (nSPS) is 11.9. The number of aliphatic imine (C=N–C) groups is 1. The van der Waals surface area contributed by atoms with Crippen LogP contribution >= 0.6 is 24.0 Å². The van der Waals surface area contributed by atoms with Crippen LogP contribution in [0.4, 0.5) is 18.9 Å². The van der Waals surface area contributed by atoms with Crippen molar-refractivity contribution in [2.45, 2.75) is 12.8 Å². The van der Waals surface area contributed by atoms with Crippen LogP contribution in [0.25, 0.3) is 10.9 Å². The van der Waals surface area contributed by atoms with E-state index < -0.39 is 6.36 Å². The number of anilines is 1. The monoisotopic (exact) mass is 490 g/mol. The van der Waals surface area contributed by atoms with Crippen molar-refractivity contribution in [1.82, 2.24) is 4.98 Å². The van der Waals surface area contributed by atoms with Crippen molar-refractivity contribution in [3.8, 4) is 5.75 Å². The fourth-order valence-electron chi connectivity index (χ4n) is 2.49. The first-order valence-electron chi connectivity index (χ1n) is 7.88. The molecule has 0 amide bonds. The predicted molar refractivity (Wildman–Crippen MR) is 111 cm³/mol. The highest BCUT2D eigenvalue weighted by atomic mass is 127. The van der Waals surface area contributed by atoms with Gasteiger partial charge in [-0.3, -0.25) is 4.99 Å². The highest BCUT2D eigenvalue weighted by Crippen LogP contribution is 2.23. The maximum absolute atomic E-state index is 12.1.